The zero-order valence-electron chi connectivity index (χ0n) is 17.0. The van der Waals surface area contributed by atoms with Crippen LogP contribution < -0.4 is 0 Å². The lowest BCUT2D eigenvalue weighted by atomic mass is 9.83. The molecule has 2 rings (SSSR count). The average molecular weight is 387 g/mol. The number of ether oxygens (including phenoxy) is 1. The van der Waals surface area contributed by atoms with Gasteiger partial charge in [0.25, 0.3) is 0 Å². The number of esters is 1. The van der Waals surface area contributed by atoms with Crippen LogP contribution in [0.15, 0.2) is 0 Å². The van der Waals surface area contributed by atoms with Gasteiger partial charge in [-0.05, 0) is 38.5 Å². The molecule has 0 bridgehead atoms. The zero-order chi connectivity index (χ0) is 19.2. The molecule has 0 radical (unpaired) electrons. The van der Waals surface area contributed by atoms with Gasteiger partial charge in [0.05, 0.1) is 19.8 Å². The Labute approximate surface area is 164 Å². The molecule has 2 aliphatic rings. The van der Waals surface area contributed by atoms with Crippen LogP contribution in [0.4, 0.5) is 0 Å². The van der Waals surface area contributed by atoms with Crippen LogP contribution in [0.3, 0.4) is 0 Å². The van der Waals surface area contributed by atoms with Crippen LogP contribution >= 0.6 is 0 Å². The first-order valence-corrected chi connectivity index (χ1v) is 11.0. The summed E-state index contributed by atoms with van der Waals surface area (Å²) in [6.45, 7) is 3.43. The molecular weight excluding hydrogens is 348 g/mol. The normalized spacial score (nSPS) is 24.5. The topological polar surface area (TPSA) is 63.2 Å². The summed E-state index contributed by atoms with van der Waals surface area (Å²) in [7, 11) is 0. The molecule has 6 nitrogen and oxygen atoms in total. The molecule has 1 saturated heterocycles. The lowest BCUT2D eigenvalue weighted by Crippen LogP contribution is -2.40. The molecule has 1 heterocycles. The van der Waals surface area contributed by atoms with E-state index in [0.29, 0.717) is 45.0 Å². The monoisotopic (exact) mass is 386 g/mol. The molecule has 27 heavy (non-hydrogen) atoms. The van der Waals surface area contributed by atoms with Gasteiger partial charge < -0.3 is 4.74 Å². The minimum atomic E-state index is -0.845. The van der Waals surface area contributed by atoms with Gasteiger partial charge in [-0.15, -0.1) is 0 Å². The Morgan fingerprint density at radius 1 is 0.852 bits per heavy atom. The fraction of sp³-hybridized carbons (Fsp3) is 0.952. The molecule has 0 atom stereocenters. The van der Waals surface area contributed by atoms with Crippen molar-refractivity contribution in [3.8, 4) is 0 Å². The molecule has 0 N–H and O–H groups in total. The van der Waals surface area contributed by atoms with Crippen LogP contribution in [0.5, 0.6) is 0 Å². The van der Waals surface area contributed by atoms with Gasteiger partial charge in [0.2, 0.25) is 5.79 Å². The Morgan fingerprint density at radius 2 is 1.33 bits per heavy atom. The number of hydrogen-bond donors (Lipinski definition) is 0. The summed E-state index contributed by atoms with van der Waals surface area (Å²) < 4.78 is 5.06. The highest BCUT2D eigenvalue weighted by Gasteiger charge is 2.41. The molecule has 6 heteroatoms. The Balaban J connectivity index is 1.79. The van der Waals surface area contributed by atoms with Crippen LogP contribution in [0.2, 0.25) is 0 Å². The molecule has 0 unspecified atom stereocenters. The van der Waals surface area contributed by atoms with Gasteiger partial charge in [0, 0.05) is 19.3 Å². The van der Waals surface area contributed by atoms with Crippen LogP contribution in [-0.4, -0.2) is 31.6 Å². The van der Waals surface area contributed by atoms with Crippen molar-refractivity contribution < 1.29 is 29.1 Å². The molecule has 0 amide bonds. The standard InChI is InChI=1S/C21H38O6/c1-2-23-20(22)18-19-12-14-21(15-13-19)26-24-16-10-8-6-4-3-5-7-9-11-17-25-27-21/h19H,2-18H2,1H3. The maximum absolute atomic E-state index is 11.7. The quantitative estimate of drug-likeness (QED) is 0.488. The number of carbonyl (C=O) groups excluding carboxylic acids is 1. The summed E-state index contributed by atoms with van der Waals surface area (Å²) in [5.74, 6) is -0.657. The molecule has 0 aromatic heterocycles. The first kappa shape index (κ1) is 22.6. The van der Waals surface area contributed by atoms with Crippen molar-refractivity contribution in [3.63, 3.8) is 0 Å². The average Bonchev–Trinajstić information content (AvgIpc) is 2.66. The summed E-state index contributed by atoms with van der Waals surface area (Å²) in [5.41, 5.74) is 0. The van der Waals surface area contributed by atoms with Gasteiger partial charge in [-0.3, -0.25) is 4.79 Å². The van der Waals surface area contributed by atoms with Crippen LogP contribution in [0.25, 0.3) is 0 Å². The van der Waals surface area contributed by atoms with Gasteiger partial charge in [-0.25, -0.2) is 9.78 Å². The SMILES string of the molecule is CCOC(=O)CC1CCC2(CC1)OOCCCCCCCCCCCOO2. The van der Waals surface area contributed by atoms with Crippen molar-refractivity contribution >= 4 is 5.97 Å². The third kappa shape index (κ3) is 9.37. The third-order valence-corrected chi connectivity index (χ3v) is 5.50. The molecule has 0 aromatic rings. The fourth-order valence-corrected chi connectivity index (χ4v) is 3.82. The summed E-state index contributed by atoms with van der Waals surface area (Å²) in [6.07, 6.45) is 14.3. The van der Waals surface area contributed by atoms with Gasteiger partial charge >= 0.3 is 5.97 Å². The summed E-state index contributed by atoms with van der Waals surface area (Å²) in [4.78, 5) is 34.1. The highest BCUT2D eigenvalue weighted by atomic mass is 17.3. The lowest BCUT2D eigenvalue weighted by Gasteiger charge is -2.36. The van der Waals surface area contributed by atoms with Crippen molar-refractivity contribution in [2.45, 2.75) is 103 Å². The van der Waals surface area contributed by atoms with Crippen LogP contribution in [0, 0.1) is 5.92 Å². The second-order valence-electron chi connectivity index (χ2n) is 7.86. The van der Waals surface area contributed by atoms with Crippen LogP contribution in [-0.2, 0) is 29.1 Å². The first-order chi connectivity index (χ1) is 13.2. The number of rotatable bonds is 3. The molecular formula is C21H38O6. The molecule has 1 spiro atoms. The first-order valence-electron chi connectivity index (χ1n) is 11.0. The van der Waals surface area contributed by atoms with Gasteiger partial charge in [-0.2, -0.15) is 9.78 Å². The van der Waals surface area contributed by atoms with E-state index in [1.165, 1.54) is 44.9 Å². The van der Waals surface area contributed by atoms with Crippen molar-refractivity contribution in [2.24, 2.45) is 5.92 Å². The predicted molar refractivity (Wildman–Crippen MR) is 102 cm³/mol. The van der Waals surface area contributed by atoms with Gasteiger partial charge in [0.15, 0.2) is 0 Å². The van der Waals surface area contributed by atoms with E-state index >= 15 is 0 Å². The van der Waals surface area contributed by atoms with Crippen molar-refractivity contribution in [2.75, 3.05) is 19.8 Å². The maximum atomic E-state index is 11.7. The van der Waals surface area contributed by atoms with Gasteiger partial charge in [0.1, 0.15) is 0 Å². The summed E-state index contributed by atoms with van der Waals surface area (Å²) in [5, 5.41) is 0. The van der Waals surface area contributed by atoms with E-state index < -0.39 is 5.79 Å². The number of carbonyl (C=O) groups is 1. The van der Waals surface area contributed by atoms with Crippen molar-refractivity contribution in [1.82, 2.24) is 0 Å². The molecule has 2 fully saturated rings. The van der Waals surface area contributed by atoms with E-state index in [2.05, 4.69) is 0 Å². The molecule has 1 aliphatic carbocycles. The second-order valence-corrected chi connectivity index (χ2v) is 7.86. The zero-order valence-corrected chi connectivity index (χ0v) is 17.0. The van der Waals surface area contributed by atoms with E-state index in [4.69, 9.17) is 24.3 Å². The largest absolute Gasteiger partial charge is 0.466 e. The highest BCUT2D eigenvalue weighted by Crippen LogP contribution is 2.38. The Bertz CT molecular complexity index is 374. The fourth-order valence-electron chi connectivity index (χ4n) is 3.82. The number of hydrogen-bond acceptors (Lipinski definition) is 6. The van der Waals surface area contributed by atoms with E-state index in [1.54, 1.807) is 0 Å². The highest BCUT2D eigenvalue weighted by molar-refractivity contribution is 5.69. The third-order valence-electron chi connectivity index (χ3n) is 5.50. The Hall–Kier alpha value is -0.690. The molecule has 1 saturated carbocycles. The molecule has 0 aromatic carbocycles. The Kier molecular flexibility index (Phi) is 11.3. The van der Waals surface area contributed by atoms with Crippen molar-refractivity contribution in [1.29, 1.82) is 0 Å². The summed E-state index contributed by atoms with van der Waals surface area (Å²) in [6, 6.07) is 0. The van der Waals surface area contributed by atoms with E-state index in [9.17, 15) is 4.79 Å². The molecule has 158 valence electrons. The smallest absolute Gasteiger partial charge is 0.306 e. The van der Waals surface area contributed by atoms with Crippen molar-refractivity contribution in [3.05, 3.63) is 0 Å². The minimum Gasteiger partial charge on any atom is -0.466 e. The summed E-state index contributed by atoms with van der Waals surface area (Å²) >= 11 is 0. The minimum absolute atomic E-state index is 0.120. The lowest BCUT2D eigenvalue weighted by molar-refractivity contribution is -0.518. The van der Waals surface area contributed by atoms with Gasteiger partial charge in [-0.1, -0.05) is 44.9 Å². The molecule has 1 aliphatic heterocycles. The Morgan fingerprint density at radius 3 is 1.81 bits per heavy atom. The second kappa shape index (κ2) is 13.5. The van der Waals surface area contributed by atoms with Crippen LogP contribution in [0.1, 0.15) is 96.8 Å². The predicted octanol–water partition coefficient (Wildman–Crippen LogP) is 5.25. The van der Waals surface area contributed by atoms with E-state index in [-0.39, 0.29) is 5.97 Å². The van der Waals surface area contributed by atoms with E-state index in [1.807, 2.05) is 6.92 Å². The van der Waals surface area contributed by atoms with E-state index in [0.717, 1.165) is 25.7 Å². The maximum Gasteiger partial charge on any atom is 0.306 e.